The Hall–Kier alpha value is -2.64. The number of alkyl halides is 2. The van der Waals surface area contributed by atoms with Gasteiger partial charge in [-0.1, -0.05) is 0 Å². The highest BCUT2D eigenvalue weighted by Crippen LogP contribution is 2.41. The molecule has 0 saturated heterocycles. The van der Waals surface area contributed by atoms with Crippen molar-refractivity contribution in [2.45, 2.75) is 59.0 Å². The fraction of sp³-hybridized carbons (Fsp3) is 0.524. The molecule has 29 heavy (non-hydrogen) atoms. The molecule has 4 rings (SSSR count). The number of nitrogen functional groups attached to an aromatic ring is 1. The molecule has 1 aromatic carbocycles. The monoisotopic (exact) mass is 403 g/mol. The second kappa shape index (κ2) is 7.31. The van der Waals surface area contributed by atoms with Gasteiger partial charge in [0.1, 0.15) is 0 Å². The first-order chi connectivity index (χ1) is 13.8. The van der Waals surface area contributed by atoms with Crippen molar-refractivity contribution in [2.24, 2.45) is 0 Å². The fourth-order valence-electron chi connectivity index (χ4n) is 4.42. The summed E-state index contributed by atoms with van der Waals surface area (Å²) in [4.78, 5) is 15.8. The summed E-state index contributed by atoms with van der Waals surface area (Å²) < 4.78 is 29.0. The van der Waals surface area contributed by atoms with Crippen molar-refractivity contribution in [3.05, 3.63) is 34.5 Å². The zero-order valence-electron chi connectivity index (χ0n) is 17.1. The van der Waals surface area contributed by atoms with Gasteiger partial charge in [0.25, 0.3) is 6.43 Å². The Kier molecular flexibility index (Phi) is 4.96. The lowest BCUT2D eigenvalue weighted by molar-refractivity contribution is -0.129. The van der Waals surface area contributed by atoms with E-state index in [-0.39, 0.29) is 23.2 Å². The average molecular weight is 403 g/mol. The minimum absolute atomic E-state index is 0.0331. The van der Waals surface area contributed by atoms with Crippen LogP contribution in [0.15, 0.2) is 12.1 Å². The van der Waals surface area contributed by atoms with Crippen LogP contribution >= 0.6 is 0 Å². The molecular weight excluding hydrogens is 376 g/mol. The normalized spacial score (nSPS) is 16.4. The SMILES string of the molecule is CC(=O)N1CCc2c(c(N3CCCc4cc(N)c(C(F)F)cc43)nn2C(C)C)C1. The third-order valence-electron chi connectivity index (χ3n) is 5.89. The summed E-state index contributed by atoms with van der Waals surface area (Å²) in [6, 6.07) is 3.37. The van der Waals surface area contributed by atoms with E-state index in [0.29, 0.717) is 19.6 Å². The highest BCUT2D eigenvalue weighted by Gasteiger charge is 2.32. The molecule has 0 radical (unpaired) electrons. The Morgan fingerprint density at radius 3 is 2.62 bits per heavy atom. The lowest BCUT2D eigenvalue weighted by atomic mass is 9.97. The molecule has 2 aromatic rings. The summed E-state index contributed by atoms with van der Waals surface area (Å²) in [6.45, 7) is 7.59. The van der Waals surface area contributed by atoms with E-state index in [1.54, 1.807) is 13.0 Å². The zero-order chi connectivity index (χ0) is 20.9. The van der Waals surface area contributed by atoms with Crippen molar-refractivity contribution in [1.29, 1.82) is 0 Å². The summed E-state index contributed by atoms with van der Waals surface area (Å²) in [5.41, 5.74) is 9.73. The summed E-state index contributed by atoms with van der Waals surface area (Å²) in [5.74, 6) is 0.802. The molecule has 0 spiro atoms. The van der Waals surface area contributed by atoms with Gasteiger partial charge in [-0.15, -0.1) is 0 Å². The molecule has 0 fully saturated rings. The molecule has 0 bridgehead atoms. The summed E-state index contributed by atoms with van der Waals surface area (Å²) >= 11 is 0. The van der Waals surface area contributed by atoms with E-state index >= 15 is 0 Å². The van der Waals surface area contributed by atoms with Gasteiger partial charge in [0, 0.05) is 60.7 Å². The lowest BCUT2D eigenvalue weighted by Gasteiger charge is -2.33. The van der Waals surface area contributed by atoms with Gasteiger partial charge in [0.15, 0.2) is 5.82 Å². The van der Waals surface area contributed by atoms with Gasteiger partial charge in [-0.25, -0.2) is 8.78 Å². The minimum atomic E-state index is -2.63. The molecule has 2 N–H and O–H groups in total. The van der Waals surface area contributed by atoms with Gasteiger partial charge >= 0.3 is 0 Å². The smallest absolute Gasteiger partial charge is 0.265 e. The van der Waals surface area contributed by atoms with Crippen LogP contribution in [0.25, 0.3) is 0 Å². The molecule has 0 aliphatic carbocycles. The van der Waals surface area contributed by atoms with E-state index in [0.717, 1.165) is 47.6 Å². The second-order valence-corrected chi connectivity index (χ2v) is 8.14. The Labute approximate surface area is 169 Å². The summed E-state index contributed by atoms with van der Waals surface area (Å²) in [7, 11) is 0. The predicted octanol–water partition coefficient (Wildman–Crippen LogP) is 3.97. The number of hydrogen-bond acceptors (Lipinski definition) is 4. The number of fused-ring (bicyclic) bond motifs is 2. The first-order valence-corrected chi connectivity index (χ1v) is 10.1. The first-order valence-electron chi connectivity index (χ1n) is 10.1. The van der Waals surface area contributed by atoms with E-state index in [4.69, 9.17) is 10.8 Å². The minimum Gasteiger partial charge on any atom is -0.398 e. The number of benzene rings is 1. The molecule has 8 heteroatoms. The molecule has 0 saturated carbocycles. The number of rotatable bonds is 3. The maximum absolute atomic E-state index is 13.5. The van der Waals surface area contributed by atoms with Crippen molar-refractivity contribution >= 4 is 23.1 Å². The van der Waals surface area contributed by atoms with Gasteiger partial charge in [-0.05, 0) is 44.4 Å². The van der Waals surface area contributed by atoms with Crippen LogP contribution in [0.3, 0.4) is 0 Å². The molecular formula is C21H27F2N5O. The van der Waals surface area contributed by atoms with Crippen LogP contribution < -0.4 is 10.6 Å². The number of nitrogens with zero attached hydrogens (tertiary/aromatic N) is 4. The van der Waals surface area contributed by atoms with Crippen LogP contribution in [-0.4, -0.2) is 33.7 Å². The standard InChI is InChI=1S/C21H27F2N5O/c1-12(2)28-18-6-8-26(13(3)29)11-16(18)21(25-28)27-7-4-5-14-9-17(24)15(20(22)23)10-19(14)27/h9-10,12,20H,4-8,11,24H2,1-3H3. The highest BCUT2D eigenvalue weighted by atomic mass is 19.3. The molecule has 3 heterocycles. The molecule has 1 amide bonds. The number of nitrogens with two attached hydrogens (primary N) is 1. The van der Waals surface area contributed by atoms with Crippen molar-refractivity contribution in [3.63, 3.8) is 0 Å². The third-order valence-corrected chi connectivity index (χ3v) is 5.89. The highest BCUT2D eigenvalue weighted by molar-refractivity contribution is 5.76. The Morgan fingerprint density at radius 2 is 1.97 bits per heavy atom. The summed E-state index contributed by atoms with van der Waals surface area (Å²) in [5, 5.41) is 4.89. The van der Waals surface area contributed by atoms with Crippen LogP contribution in [-0.2, 0) is 24.2 Å². The number of anilines is 3. The maximum Gasteiger partial charge on any atom is 0.265 e. The van der Waals surface area contributed by atoms with Gasteiger partial charge in [0.2, 0.25) is 5.91 Å². The Balaban J connectivity index is 1.85. The Bertz CT molecular complexity index is 953. The second-order valence-electron chi connectivity index (χ2n) is 8.14. The van der Waals surface area contributed by atoms with Crippen LogP contribution in [0.1, 0.15) is 62.0 Å². The van der Waals surface area contributed by atoms with Gasteiger partial charge in [0.05, 0.1) is 6.54 Å². The molecule has 156 valence electrons. The average Bonchev–Trinajstić information content (AvgIpc) is 3.05. The Morgan fingerprint density at radius 1 is 1.21 bits per heavy atom. The molecule has 6 nitrogen and oxygen atoms in total. The maximum atomic E-state index is 13.5. The van der Waals surface area contributed by atoms with Gasteiger partial charge in [-0.3, -0.25) is 9.48 Å². The van der Waals surface area contributed by atoms with Crippen molar-refractivity contribution in [2.75, 3.05) is 23.7 Å². The molecule has 1 aromatic heterocycles. The fourth-order valence-corrected chi connectivity index (χ4v) is 4.42. The van der Waals surface area contributed by atoms with E-state index < -0.39 is 6.43 Å². The molecule has 0 unspecified atom stereocenters. The first kappa shape index (κ1) is 19.7. The number of aryl methyl sites for hydroxylation is 1. The van der Waals surface area contributed by atoms with Crippen molar-refractivity contribution in [3.8, 4) is 0 Å². The largest absolute Gasteiger partial charge is 0.398 e. The number of carbonyl (C=O) groups excluding carboxylic acids is 1. The zero-order valence-corrected chi connectivity index (χ0v) is 17.1. The van der Waals surface area contributed by atoms with Crippen molar-refractivity contribution in [1.82, 2.24) is 14.7 Å². The van der Waals surface area contributed by atoms with E-state index in [1.165, 1.54) is 6.07 Å². The van der Waals surface area contributed by atoms with Crippen LogP contribution in [0.4, 0.5) is 26.0 Å². The number of amides is 1. The molecule has 0 atom stereocenters. The number of carbonyl (C=O) groups is 1. The van der Waals surface area contributed by atoms with E-state index in [2.05, 4.69) is 13.8 Å². The van der Waals surface area contributed by atoms with Crippen LogP contribution in [0, 0.1) is 0 Å². The van der Waals surface area contributed by atoms with Gasteiger partial charge < -0.3 is 15.5 Å². The summed E-state index contributed by atoms with van der Waals surface area (Å²) in [6.07, 6.45) is -0.198. The molecule has 2 aliphatic heterocycles. The van der Waals surface area contributed by atoms with Crippen LogP contribution in [0.2, 0.25) is 0 Å². The van der Waals surface area contributed by atoms with Crippen molar-refractivity contribution < 1.29 is 13.6 Å². The number of halogens is 2. The topological polar surface area (TPSA) is 67.4 Å². The lowest BCUT2D eigenvalue weighted by Crippen LogP contribution is -2.35. The molecule has 2 aliphatic rings. The van der Waals surface area contributed by atoms with E-state index in [1.807, 2.05) is 14.5 Å². The van der Waals surface area contributed by atoms with Crippen LogP contribution in [0.5, 0.6) is 0 Å². The van der Waals surface area contributed by atoms with E-state index in [9.17, 15) is 13.6 Å². The van der Waals surface area contributed by atoms with Gasteiger partial charge in [-0.2, -0.15) is 5.10 Å². The third kappa shape index (κ3) is 3.34. The quantitative estimate of drug-likeness (QED) is 0.788. The number of aromatic nitrogens is 2. The number of hydrogen-bond donors (Lipinski definition) is 1. The predicted molar refractivity (Wildman–Crippen MR) is 109 cm³/mol.